The van der Waals surface area contributed by atoms with Crippen molar-refractivity contribution in [3.8, 4) is 0 Å². The zero-order valence-electron chi connectivity index (χ0n) is 11.8. The average Bonchev–Trinajstić information content (AvgIpc) is 2.69. The maximum absolute atomic E-state index is 14.1. The van der Waals surface area contributed by atoms with E-state index in [1.807, 2.05) is 4.57 Å². The summed E-state index contributed by atoms with van der Waals surface area (Å²) in [5.74, 6) is 0.419. The van der Waals surface area contributed by atoms with Gasteiger partial charge in [-0.3, -0.25) is 4.79 Å². The molecule has 0 radical (unpaired) electrons. The minimum absolute atomic E-state index is 0.146. The summed E-state index contributed by atoms with van der Waals surface area (Å²) in [7, 11) is 0. The molecule has 6 heteroatoms. The van der Waals surface area contributed by atoms with Gasteiger partial charge in [-0.05, 0) is 37.6 Å². The van der Waals surface area contributed by atoms with Gasteiger partial charge in [-0.25, -0.2) is 4.39 Å². The van der Waals surface area contributed by atoms with E-state index in [2.05, 4.69) is 10.2 Å². The Bertz CT molecular complexity index is 684. The molecule has 2 heterocycles. The van der Waals surface area contributed by atoms with Crippen LogP contribution in [0.2, 0.25) is 0 Å². The fourth-order valence-corrected chi connectivity index (χ4v) is 3.57. The Morgan fingerprint density at radius 2 is 2.14 bits per heavy atom. The van der Waals surface area contributed by atoms with Crippen LogP contribution in [-0.4, -0.2) is 20.5 Å². The zero-order valence-corrected chi connectivity index (χ0v) is 12.6. The lowest BCUT2D eigenvalue weighted by Gasteiger charge is -2.09. The number of halogens is 1. The van der Waals surface area contributed by atoms with Gasteiger partial charge in [0, 0.05) is 18.5 Å². The molecule has 4 nitrogen and oxygen atoms in total. The van der Waals surface area contributed by atoms with E-state index < -0.39 is 5.82 Å². The van der Waals surface area contributed by atoms with Gasteiger partial charge in [-0.2, -0.15) is 0 Å². The molecule has 21 heavy (non-hydrogen) atoms. The monoisotopic (exact) mass is 305 g/mol. The molecule has 1 aromatic carbocycles. The minimum Gasteiger partial charge on any atom is -0.306 e. The van der Waals surface area contributed by atoms with E-state index in [4.69, 9.17) is 0 Å². The van der Waals surface area contributed by atoms with Gasteiger partial charge in [0.05, 0.1) is 4.90 Å². The highest BCUT2D eigenvalue weighted by Gasteiger charge is 2.19. The Labute approximate surface area is 126 Å². The third-order valence-electron chi connectivity index (χ3n) is 3.62. The van der Waals surface area contributed by atoms with Gasteiger partial charge in [0.1, 0.15) is 11.6 Å². The maximum Gasteiger partial charge on any atom is 0.196 e. The molecule has 2 aromatic rings. The lowest BCUT2D eigenvalue weighted by atomic mass is 10.1. The summed E-state index contributed by atoms with van der Waals surface area (Å²) in [5.41, 5.74) is 0.394. The number of carbonyl (C=O) groups is 1. The predicted octanol–water partition coefficient (Wildman–Crippen LogP) is 3.50. The Hall–Kier alpha value is -1.69. The van der Waals surface area contributed by atoms with E-state index in [1.54, 1.807) is 12.1 Å². The number of fused-ring (bicyclic) bond motifs is 1. The second-order valence-corrected chi connectivity index (χ2v) is 6.11. The summed E-state index contributed by atoms with van der Waals surface area (Å²) in [6, 6.07) is 4.57. The summed E-state index contributed by atoms with van der Waals surface area (Å²) in [6.07, 6.45) is 4.27. The molecule has 0 saturated heterocycles. The quantitative estimate of drug-likeness (QED) is 0.814. The maximum atomic E-state index is 14.1. The largest absolute Gasteiger partial charge is 0.306 e. The summed E-state index contributed by atoms with van der Waals surface area (Å²) < 4.78 is 16.1. The third kappa shape index (κ3) is 2.85. The van der Waals surface area contributed by atoms with Crippen molar-refractivity contribution in [1.29, 1.82) is 0 Å². The van der Waals surface area contributed by atoms with Crippen molar-refractivity contribution in [3.63, 3.8) is 0 Å². The molecule has 1 aliphatic rings. The van der Waals surface area contributed by atoms with Crippen molar-refractivity contribution in [2.24, 2.45) is 0 Å². The Balaban J connectivity index is 1.98. The van der Waals surface area contributed by atoms with Crippen molar-refractivity contribution >= 4 is 17.5 Å². The SMILES string of the molecule is CC(=O)c1cccc(F)c1Sc1nnc2n1CCCCC2. The normalized spacial score (nSPS) is 14.6. The van der Waals surface area contributed by atoms with Crippen molar-refractivity contribution < 1.29 is 9.18 Å². The van der Waals surface area contributed by atoms with Crippen LogP contribution in [0.25, 0.3) is 0 Å². The summed E-state index contributed by atoms with van der Waals surface area (Å²) in [6.45, 7) is 2.30. The molecule has 0 unspecified atom stereocenters. The zero-order chi connectivity index (χ0) is 14.8. The Morgan fingerprint density at radius 3 is 2.95 bits per heavy atom. The van der Waals surface area contributed by atoms with Gasteiger partial charge in [0.2, 0.25) is 0 Å². The molecule has 0 N–H and O–H groups in total. The predicted molar refractivity (Wildman–Crippen MR) is 78.1 cm³/mol. The number of hydrogen-bond donors (Lipinski definition) is 0. The number of rotatable bonds is 3. The van der Waals surface area contributed by atoms with Crippen molar-refractivity contribution in [1.82, 2.24) is 14.8 Å². The highest BCUT2D eigenvalue weighted by molar-refractivity contribution is 7.99. The number of benzene rings is 1. The van der Waals surface area contributed by atoms with Gasteiger partial charge in [-0.1, -0.05) is 18.6 Å². The van der Waals surface area contributed by atoms with Crippen LogP contribution >= 0.6 is 11.8 Å². The number of aryl methyl sites for hydroxylation is 1. The minimum atomic E-state index is -0.390. The smallest absolute Gasteiger partial charge is 0.196 e. The number of aromatic nitrogens is 3. The molecule has 110 valence electrons. The fourth-order valence-electron chi connectivity index (χ4n) is 2.51. The molecule has 1 aromatic heterocycles. The van der Waals surface area contributed by atoms with Gasteiger partial charge in [-0.15, -0.1) is 10.2 Å². The molecule has 0 bridgehead atoms. The molecule has 0 spiro atoms. The van der Waals surface area contributed by atoms with Crippen LogP contribution in [0.5, 0.6) is 0 Å². The lowest BCUT2D eigenvalue weighted by molar-refractivity contribution is 0.101. The van der Waals surface area contributed by atoms with E-state index >= 15 is 0 Å². The van der Waals surface area contributed by atoms with Crippen LogP contribution < -0.4 is 0 Å². The highest BCUT2D eigenvalue weighted by atomic mass is 32.2. The van der Waals surface area contributed by atoms with E-state index in [-0.39, 0.29) is 5.78 Å². The highest BCUT2D eigenvalue weighted by Crippen LogP contribution is 2.33. The first kappa shape index (κ1) is 14.3. The molecular weight excluding hydrogens is 289 g/mol. The van der Waals surface area contributed by atoms with Crippen LogP contribution in [0.1, 0.15) is 42.4 Å². The van der Waals surface area contributed by atoms with Crippen LogP contribution in [0.4, 0.5) is 4.39 Å². The lowest BCUT2D eigenvalue weighted by Crippen LogP contribution is -2.03. The third-order valence-corrected chi connectivity index (χ3v) is 4.72. The molecule has 0 fully saturated rings. The van der Waals surface area contributed by atoms with Crippen LogP contribution in [0.3, 0.4) is 0 Å². The molecule has 0 amide bonds. The second kappa shape index (κ2) is 5.97. The molecular formula is C15H16FN3OS. The number of hydrogen-bond acceptors (Lipinski definition) is 4. The first-order chi connectivity index (χ1) is 10.2. The van der Waals surface area contributed by atoms with Crippen LogP contribution in [0.15, 0.2) is 28.3 Å². The van der Waals surface area contributed by atoms with Crippen molar-refractivity contribution in [2.75, 3.05) is 0 Å². The number of nitrogens with zero attached hydrogens (tertiary/aromatic N) is 3. The number of carbonyl (C=O) groups excluding carboxylic acids is 1. The van der Waals surface area contributed by atoms with E-state index in [9.17, 15) is 9.18 Å². The standard InChI is InChI=1S/C15H16FN3OS/c1-10(20)11-6-5-7-12(16)14(11)21-15-18-17-13-8-3-2-4-9-19(13)15/h5-7H,2-4,8-9H2,1H3. The van der Waals surface area contributed by atoms with Gasteiger partial charge < -0.3 is 4.57 Å². The second-order valence-electron chi connectivity index (χ2n) is 5.14. The van der Waals surface area contributed by atoms with Crippen LogP contribution in [0, 0.1) is 5.82 Å². The first-order valence-electron chi connectivity index (χ1n) is 7.06. The molecule has 0 atom stereocenters. The van der Waals surface area contributed by atoms with E-state index in [1.165, 1.54) is 31.2 Å². The van der Waals surface area contributed by atoms with Gasteiger partial charge in [0.25, 0.3) is 0 Å². The van der Waals surface area contributed by atoms with Crippen molar-refractivity contribution in [3.05, 3.63) is 35.4 Å². The molecule has 0 aliphatic carbocycles. The summed E-state index contributed by atoms with van der Waals surface area (Å²) in [5, 5.41) is 9.04. The Morgan fingerprint density at radius 1 is 1.29 bits per heavy atom. The Kier molecular flexibility index (Phi) is 4.05. The molecule has 3 rings (SSSR count). The number of ketones is 1. The van der Waals surface area contributed by atoms with E-state index in [0.29, 0.717) is 15.6 Å². The summed E-state index contributed by atoms with van der Waals surface area (Å²) >= 11 is 1.19. The molecule has 0 saturated carbocycles. The van der Waals surface area contributed by atoms with Crippen molar-refractivity contribution in [2.45, 2.75) is 49.2 Å². The van der Waals surface area contributed by atoms with Crippen LogP contribution in [-0.2, 0) is 13.0 Å². The summed E-state index contributed by atoms with van der Waals surface area (Å²) in [4.78, 5) is 12.0. The van der Waals surface area contributed by atoms with E-state index in [0.717, 1.165) is 31.6 Å². The van der Waals surface area contributed by atoms with Gasteiger partial charge >= 0.3 is 0 Å². The molecule has 1 aliphatic heterocycles. The number of Topliss-reactive ketones (excluding diaryl/α,β-unsaturated/α-hetero) is 1. The fraction of sp³-hybridized carbons (Fsp3) is 0.400. The average molecular weight is 305 g/mol. The first-order valence-corrected chi connectivity index (χ1v) is 7.88. The topological polar surface area (TPSA) is 47.8 Å². The van der Waals surface area contributed by atoms with Gasteiger partial charge in [0.15, 0.2) is 10.9 Å².